The highest BCUT2D eigenvalue weighted by Crippen LogP contribution is 2.62. The summed E-state index contributed by atoms with van der Waals surface area (Å²) >= 11 is 0. The number of allylic oxidation sites excluding steroid dienone is 1. The number of aliphatic hydroxyl groups excluding tert-OH is 2. The van der Waals surface area contributed by atoms with Crippen molar-refractivity contribution in [3.8, 4) is 17.2 Å². The molecule has 360 valence electrons. The lowest BCUT2D eigenvalue weighted by Gasteiger charge is -2.59. The number of carbonyl (C=O) groups excluding carboxylic acids is 1. The van der Waals surface area contributed by atoms with Gasteiger partial charge in [0.25, 0.3) is 0 Å². The van der Waals surface area contributed by atoms with Gasteiger partial charge >= 0.3 is 6.09 Å². The van der Waals surface area contributed by atoms with Crippen molar-refractivity contribution in [3.63, 3.8) is 0 Å². The van der Waals surface area contributed by atoms with Gasteiger partial charge in [0.1, 0.15) is 29.9 Å². The van der Waals surface area contributed by atoms with Gasteiger partial charge in [0.15, 0.2) is 0 Å². The van der Waals surface area contributed by atoms with Crippen LogP contribution in [-0.4, -0.2) is 72.2 Å². The molecule has 3 aliphatic rings. The van der Waals surface area contributed by atoms with E-state index in [0.717, 1.165) is 78.7 Å². The van der Waals surface area contributed by atoms with Crippen LogP contribution in [0.5, 0.6) is 17.2 Å². The molecular formula is C56H78N2O8. The van der Waals surface area contributed by atoms with Crippen molar-refractivity contribution in [2.24, 2.45) is 22.9 Å². The molecule has 0 radical (unpaired) electrons. The first-order valence-electron chi connectivity index (χ1n) is 25.1. The van der Waals surface area contributed by atoms with Gasteiger partial charge in [0, 0.05) is 38.2 Å². The number of oxime groups is 1. The van der Waals surface area contributed by atoms with Crippen LogP contribution >= 0.6 is 0 Å². The SMILES string of the molecule is C=CCOC12Oc3ccc(Oc4ccc(C)c(C)c4)cc3C3C(CCCCO)C(CCCCO)C=C(C(=NOCc4ccccc4)CC1N(C)C(=O)OCCCCCCCCCCCC)C32. The van der Waals surface area contributed by atoms with Crippen LogP contribution in [0.3, 0.4) is 0 Å². The van der Waals surface area contributed by atoms with Gasteiger partial charge in [-0.05, 0) is 110 Å². The standard InChI is InChI=1S/C56H78N2O8/c1-6-8-9-10-11-12-13-14-15-23-35-62-55(61)58(5)52-39-50(57-64-40-43-24-17-16-18-25-43)48-37-44(26-19-21-32-59)47(27-20-22-33-60)53-49-38-46(65-45-29-28-41(3)42(4)36-45)30-31-51(49)66-56(52,54(48)53)63-34-7-2/h7,16-18,24-25,28-31,36-38,44,47,52-54,59-60H,2,6,8-15,19-23,26-27,32-35,39-40H2,1,3-5H3. The third kappa shape index (κ3) is 13.1. The second-order valence-corrected chi connectivity index (χ2v) is 18.8. The van der Waals surface area contributed by atoms with Gasteiger partial charge < -0.3 is 38.9 Å². The second kappa shape index (κ2) is 26.0. The number of rotatable bonds is 28. The summed E-state index contributed by atoms with van der Waals surface area (Å²) in [5, 5.41) is 24.9. The maximum Gasteiger partial charge on any atom is 0.409 e. The third-order valence-corrected chi connectivity index (χ3v) is 14.1. The van der Waals surface area contributed by atoms with Crippen molar-refractivity contribution >= 4 is 11.8 Å². The van der Waals surface area contributed by atoms with Gasteiger partial charge in [-0.25, -0.2) is 4.79 Å². The molecule has 0 bridgehead atoms. The van der Waals surface area contributed by atoms with E-state index in [1.165, 1.54) is 50.5 Å². The molecule has 10 nitrogen and oxygen atoms in total. The lowest BCUT2D eigenvalue weighted by molar-refractivity contribution is -0.253. The van der Waals surface area contributed by atoms with Gasteiger partial charge in [0.05, 0.1) is 24.8 Å². The summed E-state index contributed by atoms with van der Waals surface area (Å²) in [6, 6.07) is 21.5. The Morgan fingerprint density at radius 3 is 2.23 bits per heavy atom. The van der Waals surface area contributed by atoms with Gasteiger partial charge in [-0.15, -0.1) is 6.58 Å². The lowest BCUT2D eigenvalue weighted by atomic mass is 9.55. The van der Waals surface area contributed by atoms with Gasteiger partial charge in [-0.1, -0.05) is 131 Å². The smallest absolute Gasteiger partial charge is 0.409 e. The number of aliphatic hydroxyl groups is 2. The molecule has 6 atom stereocenters. The first-order chi connectivity index (χ1) is 32.2. The van der Waals surface area contributed by atoms with Gasteiger partial charge in [0.2, 0.25) is 5.79 Å². The quantitative estimate of drug-likeness (QED) is 0.0420. The molecule has 2 aliphatic carbocycles. The van der Waals surface area contributed by atoms with Gasteiger partial charge in [-0.3, -0.25) is 0 Å². The number of nitrogens with zero attached hydrogens (tertiary/aromatic N) is 2. The lowest BCUT2D eigenvalue weighted by Crippen LogP contribution is -2.69. The van der Waals surface area contributed by atoms with E-state index in [4.69, 9.17) is 28.9 Å². The number of fused-ring (bicyclic) bond motifs is 2. The molecule has 1 aliphatic heterocycles. The first-order valence-corrected chi connectivity index (χ1v) is 25.1. The number of hydrogen-bond acceptors (Lipinski definition) is 9. The molecule has 3 aromatic carbocycles. The molecule has 1 amide bonds. The number of ether oxygens (including phenoxy) is 4. The van der Waals surface area contributed by atoms with Gasteiger partial charge in [-0.2, -0.15) is 0 Å². The van der Waals surface area contributed by atoms with E-state index in [9.17, 15) is 15.0 Å². The fourth-order valence-corrected chi connectivity index (χ4v) is 10.4. The number of unbranched alkanes of at least 4 members (excludes halogenated alkanes) is 11. The number of aryl methyl sites for hydroxylation is 2. The van der Waals surface area contributed by atoms with Crippen LogP contribution < -0.4 is 9.47 Å². The number of carbonyl (C=O) groups is 1. The number of amides is 1. The topological polar surface area (TPSA) is 119 Å². The fourth-order valence-electron chi connectivity index (χ4n) is 10.4. The summed E-state index contributed by atoms with van der Waals surface area (Å²) in [6.07, 6.45) is 20.7. The Balaban J connectivity index is 1.39. The van der Waals surface area contributed by atoms with Crippen LogP contribution in [-0.2, 0) is 20.9 Å². The maximum absolute atomic E-state index is 14.3. The Labute approximate surface area is 395 Å². The van der Waals surface area contributed by atoms with E-state index in [1.54, 1.807) is 18.0 Å². The van der Waals surface area contributed by atoms with Crippen molar-refractivity contribution in [2.75, 3.05) is 33.5 Å². The average Bonchev–Trinajstić information content (AvgIpc) is 3.32. The van der Waals surface area contributed by atoms with Crippen molar-refractivity contribution in [1.29, 1.82) is 0 Å². The molecule has 6 unspecified atom stereocenters. The zero-order valence-electron chi connectivity index (χ0n) is 40.4. The van der Waals surface area contributed by atoms with E-state index < -0.39 is 23.8 Å². The minimum atomic E-state index is -1.36. The van der Waals surface area contributed by atoms with Crippen LogP contribution in [0.15, 0.2) is 96.2 Å². The van der Waals surface area contributed by atoms with Crippen LogP contribution in [0.1, 0.15) is 144 Å². The van der Waals surface area contributed by atoms with Crippen molar-refractivity contribution in [1.82, 2.24) is 4.90 Å². The van der Waals surface area contributed by atoms with E-state index in [2.05, 4.69) is 51.6 Å². The minimum absolute atomic E-state index is 0.0917. The third-order valence-electron chi connectivity index (χ3n) is 14.1. The molecule has 3 aromatic rings. The number of hydrogen-bond donors (Lipinski definition) is 2. The van der Waals surface area contributed by atoms with E-state index in [0.29, 0.717) is 37.4 Å². The zero-order chi connectivity index (χ0) is 46.7. The molecule has 1 fully saturated rings. The monoisotopic (exact) mass is 907 g/mol. The summed E-state index contributed by atoms with van der Waals surface area (Å²) < 4.78 is 27.1. The second-order valence-electron chi connectivity index (χ2n) is 18.8. The summed E-state index contributed by atoms with van der Waals surface area (Å²) in [5.74, 6) is 0.374. The van der Waals surface area contributed by atoms with Crippen LogP contribution in [0, 0.1) is 31.6 Å². The summed E-state index contributed by atoms with van der Waals surface area (Å²) in [6.45, 7) is 11.5. The van der Waals surface area contributed by atoms with Crippen LogP contribution in [0.4, 0.5) is 4.79 Å². The van der Waals surface area contributed by atoms with Crippen molar-refractivity contribution < 1.29 is 38.8 Å². The molecular weight excluding hydrogens is 829 g/mol. The highest BCUT2D eigenvalue weighted by molar-refractivity contribution is 6.03. The molecule has 6 rings (SSSR count). The number of likely N-dealkylation sites (N-methyl/N-ethyl adjacent to an activating group) is 1. The number of benzene rings is 3. The Hall–Kier alpha value is -4.64. The molecule has 66 heavy (non-hydrogen) atoms. The predicted molar refractivity (Wildman–Crippen MR) is 263 cm³/mol. The highest BCUT2D eigenvalue weighted by atomic mass is 16.7. The van der Waals surface area contributed by atoms with Crippen molar-refractivity contribution in [3.05, 3.63) is 113 Å². The van der Waals surface area contributed by atoms with Crippen LogP contribution in [0.2, 0.25) is 0 Å². The molecule has 1 saturated carbocycles. The predicted octanol–water partition coefficient (Wildman–Crippen LogP) is 12.9. The molecule has 0 aromatic heterocycles. The molecule has 0 saturated heterocycles. The Morgan fingerprint density at radius 1 is 0.848 bits per heavy atom. The average molecular weight is 907 g/mol. The van der Waals surface area contributed by atoms with Crippen molar-refractivity contribution in [2.45, 2.75) is 154 Å². The Bertz CT molecular complexity index is 2030. The zero-order valence-corrected chi connectivity index (χ0v) is 40.4. The summed E-state index contributed by atoms with van der Waals surface area (Å²) in [5.41, 5.74) is 6.07. The van der Waals surface area contributed by atoms with E-state index in [-0.39, 0.29) is 44.2 Å². The van der Waals surface area contributed by atoms with E-state index >= 15 is 0 Å². The largest absolute Gasteiger partial charge is 0.459 e. The minimum Gasteiger partial charge on any atom is -0.459 e. The fraction of sp³-hybridized carbons (Fsp3) is 0.571. The van der Waals surface area contributed by atoms with Crippen LogP contribution in [0.25, 0.3) is 0 Å². The Kier molecular flexibility index (Phi) is 20.0. The summed E-state index contributed by atoms with van der Waals surface area (Å²) in [4.78, 5) is 22.2. The highest BCUT2D eigenvalue weighted by Gasteiger charge is 2.65. The maximum atomic E-state index is 14.3. The van der Waals surface area contributed by atoms with E-state index in [1.807, 2.05) is 48.5 Å². The first kappa shape index (κ1) is 50.8. The molecule has 0 spiro atoms. The summed E-state index contributed by atoms with van der Waals surface area (Å²) in [7, 11) is 1.79. The molecule has 1 heterocycles. The Morgan fingerprint density at radius 2 is 1.53 bits per heavy atom. The normalized spacial score (nSPS) is 22.4. The molecule has 2 N–H and O–H groups in total. The molecule has 10 heteroatoms.